The molecule has 2 aromatic carbocycles. The van der Waals surface area contributed by atoms with Crippen LogP contribution in [0.15, 0.2) is 42.9 Å². The molecular formula is C22H20F3N5O3. The van der Waals surface area contributed by atoms with Crippen molar-refractivity contribution in [1.82, 2.24) is 20.2 Å². The first-order valence-corrected chi connectivity index (χ1v) is 9.80. The highest BCUT2D eigenvalue weighted by Crippen LogP contribution is 2.42. The molecule has 0 aliphatic heterocycles. The van der Waals surface area contributed by atoms with Gasteiger partial charge in [0, 0.05) is 18.2 Å². The Morgan fingerprint density at radius 3 is 2.55 bits per heavy atom. The molecule has 0 saturated carbocycles. The number of H-pyrrole nitrogens is 1. The number of rotatable bonds is 7. The van der Waals surface area contributed by atoms with Gasteiger partial charge in [0.2, 0.25) is 0 Å². The zero-order valence-electron chi connectivity index (χ0n) is 17.9. The first-order chi connectivity index (χ1) is 15.7. The molecule has 0 bridgehead atoms. The highest BCUT2D eigenvalue weighted by molar-refractivity contribution is 5.89. The zero-order valence-corrected chi connectivity index (χ0v) is 17.9. The van der Waals surface area contributed by atoms with Crippen LogP contribution in [-0.4, -0.2) is 44.5 Å². The molecule has 0 spiro atoms. The lowest BCUT2D eigenvalue weighted by molar-refractivity contribution is 0.0895. The Kier molecular flexibility index (Phi) is 5.81. The van der Waals surface area contributed by atoms with Gasteiger partial charge in [-0.2, -0.15) is 5.10 Å². The van der Waals surface area contributed by atoms with E-state index in [1.54, 1.807) is 13.8 Å². The van der Waals surface area contributed by atoms with Crippen LogP contribution < -0.4 is 14.4 Å². The third-order valence-corrected chi connectivity index (χ3v) is 4.64. The summed E-state index contributed by atoms with van der Waals surface area (Å²) in [5, 5.41) is 17.7. The number of fused-ring (bicyclic) bond motifs is 1. The molecule has 2 heterocycles. The van der Waals surface area contributed by atoms with E-state index in [0.717, 1.165) is 18.2 Å². The number of aromatic nitrogens is 4. The molecule has 2 N–H and O–H groups in total. The monoisotopic (exact) mass is 459 g/mol. The van der Waals surface area contributed by atoms with Crippen molar-refractivity contribution in [3.05, 3.63) is 60.3 Å². The molecule has 0 atom stereocenters. The number of halogens is 3. The van der Waals surface area contributed by atoms with E-state index in [9.17, 15) is 13.9 Å². The average molecular weight is 459 g/mol. The first kappa shape index (κ1) is 22.3. The minimum absolute atomic E-state index is 0.0343. The summed E-state index contributed by atoms with van der Waals surface area (Å²) in [7, 11) is 1.33. The van der Waals surface area contributed by atoms with Crippen molar-refractivity contribution in [3.8, 4) is 17.2 Å². The van der Waals surface area contributed by atoms with Crippen molar-refractivity contribution in [2.45, 2.75) is 19.4 Å². The van der Waals surface area contributed by atoms with Gasteiger partial charge in [0.05, 0.1) is 30.8 Å². The van der Waals surface area contributed by atoms with Gasteiger partial charge in [-0.1, -0.05) is 0 Å². The van der Waals surface area contributed by atoms with Crippen LogP contribution in [0.5, 0.6) is 17.2 Å². The Labute approximate surface area is 186 Å². The molecule has 4 aromatic rings. The Morgan fingerprint density at radius 1 is 1.06 bits per heavy atom. The van der Waals surface area contributed by atoms with Gasteiger partial charge in [-0.05, 0) is 26.0 Å². The van der Waals surface area contributed by atoms with Gasteiger partial charge in [-0.3, -0.25) is 5.10 Å². The molecule has 33 heavy (non-hydrogen) atoms. The summed E-state index contributed by atoms with van der Waals surface area (Å²) in [6, 6.07) is 5.17. The number of hydrogen-bond acceptors (Lipinski definition) is 7. The summed E-state index contributed by atoms with van der Waals surface area (Å²) in [5.74, 6) is -2.53. The number of benzene rings is 2. The predicted molar refractivity (Wildman–Crippen MR) is 114 cm³/mol. The number of ether oxygens (including phenoxy) is 2. The average Bonchev–Trinajstić information content (AvgIpc) is 3.22. The quantitative estimate of drug-likeness (QED) is 0.421. The molecule has 11 heteroatoms. The molecule has 0 amide bonds. The third kappa shape index (κ3) is 4.67. The standard InChI is InChI=1S/C22H20F3N5O3/c1-22(2,31)10-30(21-14-9-28-29-20(14)26-11-27-21)19-16(25)7-13(8-18(19)32-3)33-17-5-4-12(23)6-15(17)24/h4-9,11,31H,10H2,1-3H3,(H,26,27,28,29). The van der Waals surface area contributed by atoms with Gasteiger partial charge in [0.1, 0.15) is 35.1 Å². The van der Waals surface area contributed by atoms with Crippen molar-refractivity contribution in [3.63, 3.8) is 0 Å². The fourth-order valence-corrected chi connectivity index (χ4v) is 3.33. The molecule has 2 aromatic heterocycles. The van der Waals surface area contributed by atoms with Gasteiger partial charge in [-0.15, -0.1) is 0 Å². The lowest BCUT2D eigenvalue weighted by Crippen LogP contribution is -2.37. The van der Waals surface area contributed by atoms with Crippen LogP contribution in [0, 0.1) is 17.5 Å². The van der Waals surface area contributed by atoms with Crippen LogP contribution in [-0.2, 0) is 0 Å². The number of aromatic amines is 1. The number of aliphatic hydroxyl groups is 1. The lowest BCUT2D eigenvalue weighted by atomic mass is 10.1. The van der Waals surface area contributed by atoms with Crippen LogP contribution in [0.3, 0.4) is 0 Å². The number of anilines is 2. The largest absolute Gasteiger partial charge is 0.494 e. The van der Waals surface area contributed by atoms with Crippen LogP contribution in [0.1, 0.15) is 13.8 Å². The molecule has 0 aliphatic carbocycles. The molecule has 0 aliphatic rings. The highest BCUT2D eigenvalue weighted by Gasteiger charge is 2.29. The smallest absolute Gasteiger partial charge is 0.168 e. The number of nitrogens with zero attached hydrogens (tertiary/aromatic N) is 4. The molecule has 0 fully saturated rings. The summed E-state index contributed by atoms with van der Waals surface area (Å²) in [4.78, 5) is 9.80. The molecular weight excluding hydrogens is 439 g/mol. The van der Waals surface area contributed by atoms with Crippen LogP contribution in [0.4, 0.5) is 24.7 Å². The summed E-state index contributed by atoms with van der Waals surface area (Å²) in [6.07, 6.45) is 2.77. The van der Waals surface area contributed by atoms with Gasteiger partial charge >= 0.3 is 0 Å². The SMILES string of the molecule is COc1cc(Oc2ccc(F)cc2F)cc(F)c1N(CC(C)(C)O)c1ncnc2[nH]ncc12. The van der Waals surface area contributed by atoms with Crippen LogP contribution in [0.2, 0.25) is 0 Å². The minimum atomic E-state index is -1.26. The van der Waals surface area contributed by atoms with Crippen molar-refractivity contribution in [1.29, 1.82) is 0 Å². The molecule has 8 nitrogen and oxygen atoms in total. The van der Waals surface area contributed by atoms with Crippen LogP contribution in [0.25, 0.3) is 11.0 Å². The maximum Gasteiger partial charge on any atom is 0.168 e. The van der Waals surface area contributed by atoms with Crippen molar-refractivity contribution in [2.75, 3.05) is 18.6 Å². The molecule has 0 unspecified atom stereocenters. The van der Waals surface area contributed by atoms with Crippen LogP contribution >= 0.6 is 0 Å². The molecule has 0 radical (unpaired) electrons. The zero-order chi connectivity index (χ0) is 23.8. The lowest BCUT2D eigenvalue weighted by Gasteiger charge is -2.31. The van der Waals surface area contributed by atoms with Crippen molar-refractivity contribution < 1.29 is 27.8 Å². The molecule has 4 rings (SSSR count). The normalized spacial score (nSPS) is 11.6. The maximum atomic E-state index is 15.5. The van der Waals surface area contributed by atoms with E-state index in [-0.39, 0.29) is 35.3 Å². The topological polar surface area (TPSA) is 96.4 Å². The number of hydrogen-bond donors (Lipinski definition) is 2. The van der Waals surface area contributed by atoms with Crippen molar-refractivity contribution >= 4 is 22.5 Å². The second kappa shape index (κ2) is 8.58. The minimum Gasteiger partial charge on any atom is -0.494 e. The van der Waals surface area contributed by atoms with E-state index in [0.29, 0.717) is 17.1 Å². The Hall–Kier alpha value is -3.86. The Morgan fingerprint density at radius 2 is 1.85 bits per heavy atom. The highest BCUT2D eigenvalue weighted by atomic mass is 19.1. The summed E-state index contributed by atoms with van der Waals surface area (Å²) >= 11 is 0. The van der Waals surface area contributed by atoms with Gasteiger partial charge in [0.15, 0.2) is 23.0 Å². The molecule has 0 saturated heterocycles. The van der Waals surface area contributed by atoms with E-state index >= 15 is 4.39 Å². The number of nitrogens with one attached hydrogen (secondary N) is 1. The fraction of sp³-hybridized carbons (Fsp3) is 0.227. The third-order valence-electron chi connectivity index (χ3n) is 4.64. The van der Waals surface area contributed by atoms with Crippen molar-refractivity contribution in [2.24, 2.45) is 0 Å². The van der Waals surface area contributed by atoms with Gasteiger partial charge in [-0.25, -0.2) is 23.1 Å². The van der Waals surface area contributed by atoms with E-state index < -0.39 is 23.1 Å². The summed E-state index contributed by atoms with van der Waals surface area (Å²) in [6.45, 7) is 3.06. The summed E-state index contributed by atoms with van der Waals surface area (Å²) in [5.41, 5.74) is -0.871. The summed E-state index contributed by atoms with van der Waals surface area (Å²) < 4.78 is 53.5. The Bertz CT molecular complexity index is 1310. The number of methoxy groups -OCH3 is 1. The fourth-order valence-electron chi connectivity index (χ4n) is 3.33. The molecule has 172 valence electrons. The predicted octanol–water partition coefficient (Wildman–Crippen LogP) is 4.48. The maximum absolute atomic E-state index is 15.5. The second-order valence-electron chi connectivity index (χ2n) is 7.86. The van der Waals surface area contributed by atoms with E-state index in [1.165, 1.54) is 30.6 Å². The van der Waals surface area contributed by atoms with E-state index in [4.69, 9.17) is 9.47 Å². The van der Waals surface area contributed by atoms with Gasteiger partial charge in [0.25, 0.3) is 0 Å². The van der Waals surface area contributed by atoms with Gasteiger partial charge < -0.3 is 19.5 Å². The second-order valence-corrected chi connectivity index (χ2v) is 7.86. The first-order valence-electron chi connectivity index (χ1n) is 9.80. The van der Waals surface area contributed by atoms with E-state index in [2.05, 4.69) is 20.2 Å². The van der Waals surface area contributed by atoms with E-state index in [1.807, 2.05) is 0 Å². The Balaban J connectivity index is 1.82.